The van der Waals surface area contributed by atoms with Gasteiger partial charge in [-0.05, 0) is 49.6 Å². The van der Waals surface area contributed by atoms with Gasteiger partial charge in [0.25, 0.3) is 5.91 Å². The molecule has 0 atom stereocenters. The molecular weight excluding hydrogens is 350 g/mol. The third kappa shape index (κ3) is 4.55. The van der Waals surface area contributed by atoms with Crippen LogP contribution in [0.3, 0.4) is 0 Å². The average molecular weight is 374 g/mol. The largest absolute Gasteiger partial charge is 0.399 e. The number of hydrogen-bond donors (Lipinski definition) is 2. The maximum absolute atomic E-state index is 12.5. The highest BCUT2D eigenvalue weighted by molar-refractivity contribution is 5.95. The van der Waals surface area contributed by atoms with Crippen LogP contribution >= 0.6 is 12.4 Å². The zero-order valence-corrected chi connectivity index (χ0v) is 15.6. The Labute approximate surface area is 160 Å². The van der Waals surface area contributed by atoms with E-state index in [1.54, 1.807) is 6.07 Å². The van der Waals surface area contributed by atoms with Gasteiger partial charge >= 0.3 is 0 Å². The third-order valence-corrected chi connectivity index (χ3v) is 4.69. The van der Waals surface area contributed by atoms with Gasteiger partial charge in [-0.25, -0.2) is 0 Å². The monoisotopic (exact) mass is 373 g/mol. The van der Waals surface area contributed by atoms with E-state index < -0.39 is 0 Å². The van der Waals surface area contributed by atoms with Crippen LogP contribution in [0.25, 0.3) is 0 Å². The van der Waals surface area contributed by atoms with Gasteiger partial charge in [-0.15, -0.1) is 12.4 Å². The van der Waals surface area contributed by atoms with E-state index in [0.29, 0.717) is 37.2 Å². The van der Waals surface area contributed by atoms with Crippen LogP contribution in [0.5, 0.6) is 0 Å². The molecule has 6 heteroatoms. The van der Waals surface area contributed by atoms with Crippen molar-refractivity contribution in [3.8, 4) is 0 Å². The number of aryl methyl sites for hydroxylation is 1. The molecule has 1 heterocycles. The highest BCUT2D eigenvalue weighted by Crippen LogP contribution is 2.23. The zero-order chi connectivity index (χ0) is 17.8. The molecule has 2 aromatic carbocycles. The number of likely N-dealkylation sites (tertiary alicyclic amines) is 1. The number of nitrogens with zero attached hydrogens (tertiary/aromatic N) is 1. The van der Waals surface area contributed by atoms with Crippen molar-refractivity contribution in [3.05, 3.63) is 59.7 Å². The zero-order valence-electron chi connectivity index (χ0n) is 14.8. The first-order chi connectivity index (χ1) is 12.0. The predicted octanol–water partition coefficient (Wildman–Crippen LogP) is 3.49. The molecular formula is C20H24ClN3O2. The Kier molecular flexibility index (Phi) is 6.64. The fourth-order valence-corrected chi connectivity index (χ4v) is 3.12. The van der Waals surface area contributed by atoms with Crippen LogP contribution in [0.2, 0.25) is 0 Å². The summed E-state index contributed by atoms with van der Waals surface area (Å²) in [6.07, 6.45) is 1.34. The third-order valence-electron chi connectivity index (χ3n) is 4.69. The fourth-order valence-electron chi connectivity index (χ4n) is 3.12. The molecule has 0 aliphatic carbocycles. The molecule has 5 nitrogen and oxygen atoms in total. The van der Waals surface area contributed by atoms with Crippen LogP contribution in [0, 0.1) is 12.8 Å². The molecule has 1 fully saturated rings. The number of nitrogen functional groups attached to an aromatic ring is 1. The minimum atomic E-state index is -0.0827. The van der Waals surface area contributed by atoms with E-state index in [1.807, 2.05) is 54.3 Å². The molecule has 1 saturated heterocycles. The second-order valence-electron chi connectivity index (χ2n) is 6.50. The Morgan fingerprint density at radius 3 is 2.38 bits per heavy atom. The highest BCUT2D eigenvalue weighted by Gasteiger charge is 2.28. The number of carbonyl (C=O) groups excluding carboxylic acids is 2. The maximum Gasteiger partial charge on any atom is 0.253 e. The molecule has 0 aromatic heterocycles. The summed E-state index contributed by atoms with van der Waals surface area (Å²) in [5.74, 6) is -0.0488. The standard InChI is InChI=1S/C20H23N3O2.ClH/c1-14-7-8-17(21)13-18(14)22-19(24)15-9-11-23(12-10-15)20(25)16-5-3-2-4-6-16;/h2-8,13,15H,9-12,21H2,1H3,(H,22,24);1H. The van der Waals surface area contributed by atoms with E-state index in [4.69, 9.17) is 5.73 Å². The first kappa shape index (κ1) is 19.8. The van der Waals surface area contributed by atoms with Gasteiger partial charge in [-0.3, -0.25) is 9.59 Å². The molecule has 3 rings (SSSR count). The fraction of sp³-hybridized carbons (Fsp3) is 0.300. The topological polar surface area (TPSA) is 75.4 Å². The first-order valence-electron chi connectivity index (χ1n) is 8.56. The molecule has 0 unspecified atom stereocenters. The summed E-state index contributed by atoms with van der Waals surface area (Å²) in [6, 6.07) is 14.8. The van der Waals surface area contributed by atoms with Gasteiger partial charge in [0.15, 0.2) is 0 Å². The molecule has 26 heavy (non-hydrogen) atoms. The predicted molar refractivity (Wildman–Crippen MR) is 107 cm³/mol. The number of carbonyl (C=O) groups is 2. The Morgan fingerprint density at radius 2 is 1.73 bits per heavy atom. The van der Waals surface area contributed by atoms with E-state index in [0.717, 1.165) is 11.3 Å². The van der Waals surface area contributed by atoms with Crippen molar-refractivity contribution in [1.82, 2.24) is 4.90 Å². The summed E-state index contributed by atoms with van der Waals surface area (Å²) in [7, 11) is 0. The molecule has 3 N–H and O–H groups in total. The summed E-state index contributed by atoms with van der Waals surface area (Å²) < 4.78 is 0. The lowest BCUT2D eigenvalue weighted by Crippen LogP contribution is -2.41. The number of nitrogens with one attached hydrogen (secondary N) is 1. The Hall–Kier alpha value is -2.53. The SMILES string of the molecule is Cc1ccc(N)cc1NC(=O)C1CCN(C(=O)c2ccccc2)CC1.Cl. The van der Waals surface area contributed by atoms with E-state index in [1.165, 1.54) is 0 Å². The second kappa shape index (κ2) is 8.72. The second-order valence-corrected chi connectivity index (χ2v) is 6.50. The van der Waals surface area contributed by atoms with Gasteiger partial charge in [0.2, 0.25) is 5.91 Å². The minimum absolute atomic E-state index is 0. The van der Waals surface area contributed by atoms with Crippen molar-refractivity contribution in [2.75, 3.05) is 24.1 Å². The summed E-state index contributed by atoms with van der Waals surface area (Å²) in [6.45, 7) is 3.14. The lowest BCUT2D eigenvalue weighted by molar-refractivity contribution is -0.121. The molecule has 1 aliphatic heterocycles. The number of benzene rings is 2. The Bertz CT molecular complexity index is 772. The van der Waals surface area contributed by atoms with Crippen LogP contribution < -0.4 is 11.1 Å². The molecule has 0 bridgehead atoms. The summed E-state index contributed by atoms with van der Waals surface area (Å²) >= 11 is 0. The first-order valence-corrected chi connectivity index (χ1v) is 8.56. The lowest BCUT2D eigenvalue weighted by atomic mass is 9.95. The van der Waals surface area contributed by atoms with Gasteiger partial charge in [0, 0.05) is 35.9 Å². The highest BCUT2D eigenvalue weighted by atomic mass is 35.5. The molecule has 0 radical (unpaired) electrons. The van der Waals surface area contributed by atoms with E-state index in [2.05, 4.69) is 5.32 Å². The Balaban J connectivity index is 0.00000243. The normalized spacial score (nSPS) is 14.4. The number of rotatable bonds is 3. The minimum Gasteiger partial charge on any atom is -0.399 e. The van der Waals surface area contributed by atoms with Crippen molar-refractivity contribution in [2.24, 2.45) is 5.92 Å². The number of nitrogens with two attached hydrogens (primary N) is 1. The molecule has 138 valence electrons. The number of piperidine rings is 1. The number of anilines is 2. The van der Waals surface area contributed by atoms with Crippen LogP contribution in [0.15, 0.2) is 48.5 Å². The molecule has 1 aliphatic rings. The van der Waals surface area contributed by atoms with Gasteiger partial charge in [0.05, 0.1) is 0 Å². The van der Waals surface area contributed by atoms with Crippen molar-refractivity contribution in [2.45, 2.75) is 19.8 Å². The van der Waals surface area contributed by atoms with E-state index in [-0.39, 0.29) is 30.1 Å². The average Bonchev–Trinajstić information content (AvgIpc) is 2.65. The molecule has 0 saturated carbocycles. The van der Waals surface area contributed by atoms with E-state index >= 15 is 0 Å². The quantitative estimate of drug-likeness (QED) is 0.808. The summed E-state index contributed by atoms with van der Waals surface area (Å²) in [4.78, 5) is 26.8. The number of halogens is 1. The number of hydrogen-bond acceptors (Lipinski definition) is 3. The van der Waals surface area contributed by atoms with E-state index in [9.17, 15) is 9.59 Å². The summed E-state index contributed by atoms with van der Waals surface area (Å²) in [5, 5.41) is 2.97. The smallest absolute Gasteiger partial charge is 0.253 e. The Morgan fingerprint density at radius 1 is 1.08 bits per heavy atom. The van der Waals surface area contributed by atoms with Crippen LogP contribution in [-0.2, 0) is 4.79 Å². The maximum atomic E-state index is 12.5. The molecule has 2 aromatic rings. The van der Waals surface area contributed by atoms with Crippen LogP contribution in [-0.4, -0.2) is 29.8 Å². The van der Waals surface area contributed by atoms with Crippen molar-refractivity contribution < 1.29 is 9.59 Å². The summed E-state index contributed by atoms with van der Waals surface area (Å²) in [5.41, 5.74) is 8.86. The number of amides is 2. The lowest BCUT2D eigenvalue weighted by Gasteiger charge is -2.31. The van der Waals surface area contributed by atoms with Crippen LogP contribution in [0.4, 0.5) is 11.4 Å². The van der Waals surface area contributed by atoms with Crippen molar-refractivity contribution >= 4 is 35.6 Å². The molecule has 0 spiro atoms. The van der Waals surface area contributed by atoms with Gasteiger partial charge in [-0.2, -0.15) is 0 Å². The van der Waals surface area contributed by atoms with Gasteiger partial charge < -0.3 is 16.0 Å². The molecule has 2 amide bonds. The van der Waals surface area contributed by atoms with Crippen LogP contribution in [0.1, 0.15) is 28.8 Å². The van der Waals surface area contributed by atoms with Crippen molar-refractivity contribution in [3.63, 3.8) is 0 Å². The van der Waals surface area contributed by atoms with Crippen molar-refractivity contribution in [1.29, 1.82) is 0 Å². The van der Waals surface area contributed by atoms with Gasteiger partial charge in [-0.1, -0.05) is 24.3 Å². The van der Waals surface area contributed by atoms with Gasteiger partial charge in [0.1, 0.15) is 0 Å².